The standard InChI is InChI=1S/C10H10Br2O3/c1-5(2-9(13)14)6-3-7(11)10(15)8(12)4-6/h3-5,15H,2H2,1H3,(H,13,14). The Labute approximate surface area is 104 Å². The van der Waals surface area contributed by atoms with E-state index in [2.05, 4.69) is 31.9 Å². The minimum absolute atomic E-state index is 0.0731. The topological polar surface area (TPSA) is 57.5 Å². The molecule has 0 heterocycles. The van der Waals surface area contributed by atoms with Gasteiger partial charge < -0.3 is 10.2 Å². The molecule has 2 N–H and O–H groups in total. The Morgan fingerprint density at radius 3 is 2.27 bits per heavy atom. The van der Waals surface area contributed by atoms with Gasteiger partial charge in [-0.2, -0.15) is 0 Å². The van der Waals surface area contributed by atoms with E-state index in [0.29, 0.717) is 8.95 Å². The monoisotopic (exact) mass is 336 g/mol. The Balaban J connectivity index is 3.00. The summed E-state index contributed by atoms with van der Waals surface area (Å²) < 4.78 is 1.12. The zero-order valence-corrected chi connectivity index (χ0v) is 11.2. The lowest BCUT2D eigenvalue weighted by Crippen LogP contribution is -2.02. The smallest absolute Gasteiger partial charge is 0.303 e. The molecule has 5 heteroatoms. The highest BCUT2D eigenvalue weighted by Gasteiger charge is 2.13. The number of phenolic OH excluding ortho intramolecular Hbond substituents is 1. The summed E-state index contributed by atoms with van der Waals surface area (Å²) in [5.74, 6) is -0.792. The maximum Gasteiger partial charge on any atom is 0.303 e. The first-order chi connectivity index (χ1) is 6.91. The van der Waals surface area contributed by atoms with E-state index in [-0.39, 0.29) is 18.1 Å². The number of carbonyl (C=O) groups is 1. The molecule has 1 aromatic carbocycles. The van der Waals surface area contributed by atoms with Crippen LogP contribution in [0.5, 0.6) is 5.75 Å². The van der Waals surface area contributed by atoms with Gasteiger partial charge >= 0.3 is 5.97 Å². The number of halogens is 2. The summed E-state index contributed by atoms with van der Waals surface area (Å²) in [7, 11) is 0. The average molecular weight is 338 g/mol. The van der Waals surface area contributed by atoms with Crippen LogP contribution in [0.15, 0.2) is 21.1 Å². The van der Waals surface area contributed by atoms with Crippen molar-refractivity contribution in [2.75, 3.05) is 0 Å². The number of carboxylic acids is 1. The molecule has 1 aromatic rings. The number of hydrogen-bond donors (Lipinski definition) is 2. The number of benzene rings is 1. The largest absolute Gasteiger partial charge is 0.506 e. The fourth-order valence-corrected chi connectivity index (χ4v) is 2.47. The first-order valence-electron chi connectivity index (χ1n) is 4.31. The SMILES string of the molecule is CC(CC(=O)O)c1cc(Br)c(O)c(Br)c1. The quantitative estimate of drug-likeness (QED) is 0.887. The van der Waals surface area contributed by atoms with Crippen LogP contribution in [0.25, 0.3) is 0 Å². The van der Waals surface area contributed by atoms with Gasteiger partial charge in [0.2, 0.25) is 0 Å². The van der Waals surface area contributed by atoms with Crippen molar-refractivity contribution < 1.29 is 15.0 Å². The fraction of sp³-hybridized carbons (Fsp3) is 0.300. The van der Waals surface area contributed by atoms with Crippen LogP contribution >= 0.6 is 31.9 Å². The molecule has 0 saturated carbocycles. The number of carboxylic acid groups (broad SMARTS) is 1. The Kier molecular flexibility index (Phi) is 4.16. The fourth-order valence-electron chi connectivity index (χ4n) is 1.25. The van der Waals surface area contributed by atoms with Crippen molar-refractivity contribution in [1.82, 2.24) is 0 Å². The van der Waals surface area contributed by atoms with Gasteiger partial charge in [0.25, 0.3) is 0 Å². The Hall–Kier alpha value is -0.550. The first-order valence-corrected chi connectivity index (χ1v) is 5.90. The van der Waals surface area contributed by atoms with Crippen molar-refractivity contribution in [3.63, 3.8) is 0 Å². The first kappa shape index (κ1) is 12.5. The summed E-state index contributed by atoms with van der Waals surface area (Å²) in [5.41, 5.74) is 0.869. The van der Waals surface area contributed by atoms with Crippen molar-refractivity contribution >= 4 is 37.8 Å². The second-order valence-electron chi connectivity index (χ2n) is 3.33. The van der Waals surface area contributed by atoms with Gasteiger partial charge in [0, 0.05) is 0 Å². The molecule has 3 nitrogen and oxygen atoms in total. The van der Waals surface area contributed by atoms with Crippen molar-refractivity contribution in [1.29, 1.82) is 0 Å². The molecular weight excluding hydrogens is 328 g/mol. The molecule has 0 fully saturated rings. The molecule has 1 rings (SSSR count). The zero-order chi connectivity index (χ0) is 11.6. The molecule has 0 bridgehead atoms. The number of aliphatic carboxylic acids is 1. The maximum atomic E-state index is 10.5. The second-order valence-corrected chi connectivity index (χ2v) is 5.04. The molecule has 0 saturated heterocycles. The highest BCUT2D eigenvalue weighted by Crippen LogP contribution is 2.36. The van der Waals surface area contributed by atoms with Crippen LogP contribution in [0, 0.1) is 0 Å². The van der Waals surface area contributed by atoms with E-state index in [9.17, 15) is 9.90 Å². The lowest BCUT2D eigenvalue weighted by Gasteiger charge is -2.11. The van der Waals surface area contributed by atoms with E-state index in [4.69, 9.17) is 5.11 Å². The molecule has 0 radical (unpaired) electrons. The zero-order valence-electron chi connectivity index (χ0n) is 8.00. The van der Waals surface area contributed by atoms with Crippen molar-refractivity contribution in [3.05, 3.63) is 26.6 Å². The van der Waals surface area contributed by atoms with Gasteiger partial charge in [-0.05, 0) is 55.5 Å². The van der Waals surface area contributed by atoms with Gasteiger partial charge in [0.05, 0.1) is 15.4 Å². The maximum absolute atomic E-state index is 10.5. The summed E-state index contributed by atoms with van der Waals surface area (Å²) in [4.78, 5) is 10.5. The number of hydrogen-bond acceptors (Lipinski definition) is 2. The van der Waals surface area contributed by atoms with Crippen LogP contribution in [0.3, 0.4) is 0 Å². The summed E-state index contributed by atoms with van der Waals surface area (Å²) in [5, 5.41) is 18.1. The summed E-state index contributed by atoms with van der Waals surface area (Å²) in [6.45, 7) is 1.83. The minimum Gasteiger partial charge on any atom is -0.506 e. The van der Waals surface area contributed by atoms with Gasteiger partial charge in [-0.25, -0.2) is 0 Å². The van der Waals surface area contributed by atoms with Gasteiger partial charge in [-0.1, -0.05) is 6.92 Å². The van der Waals surface area contributed by atoms with E-state index in [1.165, 1.54) is 0 Å². The summed E-state index contributed by atoms with van der Waals surface area (Å²) in [6.07, 6.45) is 0.0731. The Morgan fingerprint density at radius 2 is 1.87 bits per heavy atom. The van der Waals surface area contributed by atoms with Crippen LogP contribution in [-0.4, -0.2) is 16.2 Å². The van der Waals surface area contributed by atoms with Gasteiger partial charge in [0.1, 0.15) is 5.75 Å². The summed E-state index contributed by atoms with van der Waals surface area (Å²) in [6, 6.07) is 3.46. The number of phenols is 1. The van der Waals surface area contributed by atoms with E-state index in [1.54, 1.807) is 12.1 Å². The van der Waals surface area contributed by atoms with Gasteiger partial charge in [-0.15, -0.1) is 0 Å². The summed E-state index contributed by atoms with van der Waals surface area (Å²) >= 11 is 6.41. The molecule has 82 valence electrons. The minimum atomic E-state index is -0.831. The lowest BCUT2D eigenvalue weighted by atomic mass is 9.98. The van der Waals surface area contributed by atoms with Crippen LogP contribution in [-0.2, 0) is 4.79 Å². The molecule has 0 aliphatic carbocycles. The molecule has 0 aliphatic rings. The number of aromatic hydroxyl groups is 1. The Morgan fingerprint density at radius 1 is 1.40 bits per heavy atom. The van der Waals surface area contributed by atoms with Crippen molar-refractivity contribution in [2.45, 2.75) is 19.3 Å². The van der Waals surface area contributed by atoms with Crippen LogP contribution < -0.4 is 0 Å². The Bertz CT molecular complexity index is 367. The van der Waals surface area contributed by atoms with Crippen molar-refractivity contribution in [3.8, 4) is 5.75 Å². The lowest BCUT2D eigenvalue weighted by molar-refractivity contribution is -0.137. The highest BCUT2D eigenvalue weighted by atomic mass is 79.9. The third-order valence-corrected chi connectivity index (χ3v) is 3.30. The molecule has 1 atom stereocenters. The van der Waals surface area contributed by atoms with Crippen molar-refractivity contribution in [2.24, 2.45) is 0 Å². The molecule has 15 heavy (non-hydrogen) atoms. The molecule has 0 aromatic heterocycles. The number of rotatable bonds is 3. The van der Waals surface area contributed by atoms with Crippen LogP contribution in [0.2, 0.25) is 0 Å². The van der Waals surface area contributed by atoms with E-state index in [1.807, 2.05) is 6.92 Å². The molecule has 1 unspecified atom stereocenters. The average Bonchev–Trinajstić information content (AvgIpc) is 2.12. The molecular formula is C10H10Br2O3. The third-order valence-electron chi connectivity index (χ3n) is 2.09. The van der Waals surface area contributed by atoms with Gasteiger partial charge in [0.15, 0.2) is 0 Å². The third kappa shape index (κ3) is 3.21. The molecule has 0 aliphatic heterocycles. The van der Waals surface area contributed by atoms with Crippen LogP contribution in [0.4, 0.5) is 0 Å². The van der Waals surface area contributed by atoms with E-state index >= 15 is 0 Å². The second kappa shape index (κ2) is 4.99. The predicted octanol–water partition coefficient (Wildman–Crippen LogP) is 3.50. The van der Waals surface area contributed by atoms with Crippen LogP contribution in [0.1, 0.15) is 24.8 Å². The van der Waals surface area contributed by atoms with E-state index < -0.39 is 5.97 Å². The normalized spacial score (nSPS) is 12.5. The molecule has 0 amide bonds. The van der Waals surface area contributed by atoms with Gasteiger partial charge in [-0.3, -0.25) is 4.79 Å². The predicted molar refractivity (Wildman–Crippen MR) is 64.2 cm³/mol. The molecule has 0 spiro atoms. The highest BCUT2D eigenvalue weighted by molar-refractivity contribution is 9.11. The van der Waals surface area contributed by atoms with E-state index in [0.717, 1.165) is 5.56 Å².